The second-order valence-corrected chi connectivity index (χ2v) is 6.61. The second-order valence-electron chi connectivity index (χ2n) is 6.17. The minimum absolute atomic E-state index is 0.137. The first-order valence-corrected chi connectivity index (χ1v) is 8.75. The highest BCUT2D eigenvalue weighted by molar-refractivity contribution is 6.30. The molecule has 0 aliphatic heterocycles. The topological polar surface area (TPSA) is 104 Å². The van der Waals surface area contributed by atoms with E-state index in [9.17, 15) is 14.4 Å². The molecule has 0 aliphatic rings. The molecule has 7 nitrogen and oxygen atoms in total. The Morgan fingerprint density at radius 2 is 1.96 bits per heavy atom. The summed E-state index contributed by atoms with van der Waals surface area (Å²) in [6.07, 6.45) is 3.32. The maximum absolute atomic E-state index is 13.1. The van der Waals surface area contributed by atoms with E-state index in [1.165, 1.54) is 0 Å². The van der Waals surface area contributed by atoms with Crippen molar-refractivity contribution in [2.45, 2.75) is 0 Å². The lowest BCUT2D eigenvalue weighted by atomic mass is 10.0. The maximum Gasteiger partial charge on any atom is 0.322 e. The number of nitrogens with zero attached hydrogens (tertiary/aromatic N) is 1. The van der Waals surface area contributed by atoms with Crippen LogP contribution in [0.5, 0.6) is 0 Å². The molecule has 0 bridgehead atoms. The fraction of sp³-hybridized carbons (Fsp3) is 0.0500. The Balaban J connectivity index is 2.03. The number of imidazole rings is 1. The summed E-state index contributed by atoms with van der Waals surface area (Å²) in [6.45, 7) is -0.578. The molecule has 2 heterocycles. The molecule has 0 radical (unpaired) electrons. The Kier molecular flexibility index (Phi) is 4.37. The average molecular weight is 396 g/mol. The number of carboxylic acid groups (broad SMARTS) is 1. The molecular weight excluding hydrogens is 382 g/mol. The number of pyridine rings is 1. The summed E-state index contributed by atoms with van der Waals surface area (Å²) in [4.78, 5) is 39.3. The van der Waals surface area contributed by atoms with Crippen LogP contribution < -0.4 is 10.7 Å². The quantitative estimate of drug-likeness (QED) is 0.494. The van der Waals surface area contributed by atoms with E-state index in [1.54, 1.807) is 41.1 Å². The van der Waals surface area contributed by atoms with Gasteiger partial charge in [0.2, 0.25) is 5.43 Å². The predicted molar refractivity (Wildman–Crippen MR) is 106 cm³/mol. The Morgan fingerprint density at radius 1 is 1.18 bits per heavy atom. The van der Waals surface area contributed by atoms with E-state index >= 15 is 0 Å². The number of halogens is 1. The van der Waals surface area contributed by atoms with Crippen LogP contribution in [0.2, 0.25) is 5.02 Å². The number of fused-ring (bicyclic) bond motifs is 3. The predicted octanol–water partition coefficient (Wildman–Crippen LogP) is 2.92. The zero-order valence-electron chi connectivity index (χ0n) is 14.4. The molecule has 0 atom stereocenters. The van der Waals surface area contributed by atoms with Crippen LogP contribution in [0.3, 0.4) is 0 Å². The third-order valence-corrected chi connectivity index (χ3v) is 4.67. The minimum Gasteiger partial charge on any atom is -0.480 e. The number of aliphatic carboxylic acids is 1. The van der Waals surface area contributed by atoms with Gasteiger partial charge in [-0.05, 0) is 23.8 Å². The number of hydrogen-bond donors (Lipinski definition) is 3. The first-order chi connectivity index (χ1) is 13.5. The molecule has 28 heavy (non-hydrogen) atoms. The number of rotatable bonds is 4. The summed E-state index contributed by atoms with van der Waals surface area (Å²) in [5.74, 6) is -1.94. The number of carbonyl (C=O) groups is 2. The zero-order chi connectivity index (χ0) is 19.8. The van der Waals surface area contributed by atoms with Gasteiger partial charge in [0, 0.05) is 28.4 Å². The van der Waals surface area contributed by atoms with Gasteiger partial charge >= 0.3 is 5.97 Å². The summed E-state index contributed by atoms with van der Waals surface area (Å²) < 4.78 is 1.71. The highest BCUT2D eigenvalue weighted by atomic mass is 35.5. The lowest BCUT2D eigenvalue weighted by Crippen LogP contribution is -2.33. The van der Waals surface area contributed by atoms with E-state index in [0.717, 1.165) is 11.1 Å². The van der Waals surface area contributed by atoms with E-state index in [1.807, 2.05) is 18.2 Å². The SMILES string of the molecule is O=C(O)CNC(=O)c1c(=O)c2cccc(-c3cccc(Cl)c3)c2n2cc[nH]c12. The van der Waals surface area contributed by atoms with Crippen molar-refractivity contribution in [3.05, 3.63) is 75.7 Å². The van der Waals surface area contributed by atoms with Crippen molar-refractivity contribution in [2.75, 3.05) is 6.54 Å². The molecule has 0 saturated heterocycles. The van der Waals surface area contributed by atoms with Crippen LogP contribution in [0.25, 0.3) is 27.7 Å². The molecule has 1 amide bonds. The highest BCUT2D eigenvalue weighted by Crippen LogP contribution is 2.30. The number of benzene rings is 2. The van der Waals surface area contributed by atoms with Crippen LogP contribution in [0.15, 0.2) is 59.7 Å². The Bertz CT molecular complexity index is 1310. The number of aromatic amines is 1. The number of amides is 1. The lowest BCUT2D eigenvalue weighted by Gasteiger charge is -2.12. The van der Waals surface area contributed by atoms with E-state index < -0.39 is 23.9 Å². The number of hydrogen-bond acceptors (Lipinski definition) is 3. The highest BCUT2D eigenvalue weighted by Gasteiger charge is 2.21. The molecule has 2 aromatic heterocycles. The number of carbonyl (C=O) groups excluding carboxylic acids is 1. The summed E-state index contributed by atoms with van der Waals surface area (Å²) in [7, 11) is 0. The number of nitrogens with one attached hydrogen (secondary N) is 2. The van der Waals surface area contributed by atoms with Gasteiger partial charge in [0.1, 0.15) is 17.8 Å². The van der Waals surface area contributed by atoms with E-state index in [-0.39, 0.29) is 11.2 Å². The minimum atomic E-state index is -1.19. The summed E-state index contributed by atoms with van der Waals surface area (Å²) in [5, 5.41) is 12.0. The standard InChI is InChI=1S/C20H14ClN3O4/c21-12-4-1-3-11(9-12)13-5-2-6-14-17(13)24-8-7-22-19(24)16(18(14)27)20(28)23-10-15(25)26/h1-9,22H,10H2,(H,23,28)(H,25,26). The van der Waals surface area contributed by atoms with Crippen molar-refractivity contribution in [1.29, 1.82) is 0 Å². The van der Waals surface area contributed by atoms with Crippen molar-refractivity contribution in [3.8, 4) is 11.1 Å². The molecule has 3 N–H and O–H groups in total. The van der Waals surface area contributed by atoms with Gasteiger partial charge in [0.05, 0.1) is 5.52 Å². The number of para-hydroxylation sites is 1. The zero-order valence-corrected chi connectivity index (χ0v) is 15.2. The molecule has 140 valence electrons. The summed E-state index contributed by atoms with van der Waals surface area (Å²) in [6, 6.07) is 12.5. The van der Waals surface area contributed by atoms with Crippen LogP contribution in [-0.4, -0.2) is 32.9 Å². The molecule has 8 heteroatoms. The molecule has 0 unspecified atom stereocenters. The molecular formula is C20H14ClN3O4. The molecule has 0 aliphatic carbocycles. The summed E-state index contributed by atoms with van der Waals surface area (Å²) in [5.41, 5.74) is 1.90. The van der Waals surface area contributed by atoms with Crippen molar-refractivity contribution < 1.29 is 14.7 Å². The Labute approximate surface area is 163 Å². The largest absolute Gasteiger partial charge is 0.480 e. The Hall–Kier alpha value is -3.58. The van der Waals surface area contributed by atoms with E-state index in [2.05, 4.69) is 10.3 Å². The lowest BCUT2D eigenvalue weighted by molar-refractivity contribution is -0.135. The van der Waals surface area contributed by atoms with Gasteiger partial charge in [0.25, 0.3) is 5.91 Å². The van der Waals surface area contributed by atoms with E-state index in [4.69, 9.17) is 16.7 Å². The fourth-order valence-corrected chi connectivity index (χ4v) is 3.48. The maximum atomic E-state index is 13.1. The molecule has 2 aromatic carbocycles. The van der Waals surface area contributed by atoms with Gasteiger partial charge in [-0.1, -0.05) is 35.9 Å². The fourth-order valence-electron chi connectivity index (χ4n) is 3.29. The molecule has 0 saturated carbocycles. The van der Waals surface area contributed by atoms with Crippen LogP contribution >= 0.6 is 11.6 Å². The summed E-state index contributed by atoms with van der Waals surface area (Å²) >= 11 is 6.13. The first kappa shape index (κ1) is 17.8. The van der Waals surface area contributed by atoms with Crippen molar-refractivity contribution >= 4 is 40.0 Å². The van der Waals surface area contributed by atoms with Crippen molar-refractivity contribution in [1.82, 2.24) is 14.7 Å². The van der Waals surface area contributed by atoms with Gasteiger partial charge in [0.15, 0.2) is 0 Å². The van der Waals surface area contributed by atoms with Gasteiger partial charge in [-0.25, -0.2) is 0 Å². The Morgan fingerprint density at radius 3 is 2.71 bits per heavy atom. The molecule has 4 aromatic rings. The van der Waals surface area contributed by atoms with Gasteiger partial charge in [-0.15, -0.1) is 0 Å². The number of aromatic nitrogens is 2. The van der Waals surface area contributed by atoms with Gasteiger partial charge in [-0.3, -0.25) is 18.8 Å². The smallest absolute Gasteiger partial charge is 0.322 e. The third-order valence-electron chi connectivity index (χ3n) is 4.43. The van der Waals surface area contributed by atoms with Crippen LogP contribution in [-0.2, 0) is 4.79 Å². The normalized spacial score (nSPS) is 11.0. The second kappa shape index (κ2) is 6.86. The van der Waals surface area contributed by atoms with Crippen LogP contribution in [0, 0.1) is 0 Å². The van der Waals surface area contributed by atoms with Crippen LogP contribution in [0.4, 0.5) is 0 Å². The number of carboxylic acids is 1. The molecule has 0 spiro atoms. The third kappa shape index (κ3) is 2.91. The van der Waals surface area contributed by atoms with Crippen molar-refractivity contribution in [2.24, 2.45) is 0 Å². The molecule has 4 rings (SSSR count). The van der Waals surface area contributed by atoms with Crippen molar-refractivity contribution in [3.63, 3.8) is 0 Å². The average Bonchev–Trinajstić information content (AvgIpc) is 3.15. The van der Waals surface area contributed by atoms with E-state index in [0.29, 0.717) is 15.9 Å². The molecule has 0 fully saturated rings. The van der Waals surface area contributed by atoms with Crippen LogP contribution in [0.1, 0.15) is 10.4 Å². The van der Waals surface area contributed by atoms with Gasteiger partial charge in [-0.2, -0.15) is 0 Å². The first-order valence-electron chi connectivity index (χ1n) is 8.37. The monoisotopic (exact) mass is 395 g/mol. The number of H-pyrrole nitrogens is 1. The van der Waals surface area contributed by atoms with Gasteiger partial charge < -0.3 is 15.4 Å².